The van der Waals surface area contributed by atoms with Gasteiger partial charge in [-0.1, -0.05) is 49.6 Å². The van der Waals surface area contributed by atoms with Gasteiger partial charge in [-0.3, -0.25) is 4.79 Å². The highest BCUT2D eigenvalue weighted by atomic mass is 32.2. The first kappa shape index (κ1) is 15.0. The second kappa shape index (κ2) is 5.56. The fourth-order valence-corrected chi connectivity index (χ4v) is 5.28. The molecular formula is C15H20O4S. The highest BCUT2D eigenvalue weighted by Gasteiger charge is 2.53. The van der Waals surface area contributed by atoms with E-state index in [1.54, 1.807) is 31.2 Å². The van der Waals surface area contributed by atoms with Crippen molar-refractivity contribution in [2.24, 2.45) is 0 Å². The first-order valence-corrected chi connectivity index (χ1v) is 8.48. The average Bonchev–Trinajstić information content (AvgIpc) is 2.47. The molecule has 1 saturated carbocycles. The number of rotatable bonds is 4. The molecule has 5 heteroatoms. The Hall–Kier alpha value is -1.36. The number of hydrogen-bond donors (Lipinski definition) is 1. The lowest BCUT2D eigenvalue weighted by Crippen LogP contribution is -2.49. The summed E-state index contributed by atoms with van der Waals surface area (Å²) in [5.41, 5.74) is 0.652. The third-order valence-corrected chi connectivity index (χ3v) is 7.21. The molecule has 0 aromatic heterocycles. The van der Waals surface area contributed by atoms with Gasteiger partial charge in [0.2, 0.25) is 0 Å². The largest absolute Gasteiger partial charge is 0.480 e. The maximum Gasteiger partial charge on any atom is 0.325 e. The van der Waals surface area contributed by atoms with E-state index in [0.717, 1.165) is 6.42 Å². The Kier molecular flexibility index (Phi) is 4.18. The van der Waals surface area contributed by atoms with Crippen LogP contribution >= 0.6 is 0 Å². The molecule has 2 rings (SSSR count). The van der Waals surface area contributed by atoms with Gasteiger partial charge in [0, 0.05) is 0 Å². The molecule has 0 spiro atoms. The summed E-state index contributed by atoms with van der Waals surface area (Å²) < 4.78 is 24.1. The third-order valence-electron chi connectivity index (χ3n) is 4.33. The molecule has 4 nitrogen and oxygen atoms in total. The SMILES string of the molecule is CC(c1ccccc1)S(=O)(=O)C1(C(=O)O)CCCCC1. The zero-order chi connectivity index (χ0) is 14.8. The summed E-state index contributed by atoms with van der Waals surface area (Å²) in [6.45, 7) is 1.59. The first-order chi connectivity index (χ1) is 9.42. The summed E-state index contributed by atoms with van der Waals surface area (Å²) in [6.07, 6.45) is 2.67. The van der Waals surface area contributed by atoms with E-state index in [4.69, 9.17) is 0 Å². The fraction of sp³-hybridized carbons (Fsp3) is 0.533. The number of sulfone groups is 1. The van der Waals surface area contributed by atoms with Gasteiger partial charge in [0.15, 0.2) is 14.6 Å². The monoisotopic (exact) mass is 296 g/mol. The molecule has 0 radical (unpaired) electrons. The average molecular weight is 296 g/mol. The van der Waals surface area contributed by atoms with Crippen molar-refractivity contribution >= 4 is 15.8 Å². The molecule has 1 fully saturated rings. The lowest BCUT2D eigenvalue weighted by atomic mass is 9.88. The van der Waals surface area contributed by atoms with Crippen molar-refractivity contribution in [3.63, 3.8) is 0 Å². The number of carboxylic acid groups (broad SMARTS) is 1. The Morgan fingerprint density at radius 1 is 1.15 bits per heavy atom. The van der Waals surface area contributed by atoms with Crippen molar-refractivity contribution in [2.75, 3.05) is 0 Å². The van der Waals surface area contributed by atoms with Gasteiger partial charge < -0.3 is 5.11 Å². The second-order valence-electron chi connectivity index (χ2n) is 5.46. The molecule has 0 bridgehead atoms. The predicted octanol–water partition coefficient (Wildman–Crippen LogP) is 2.95. The maximum atomic E-state index is 12.9. The van der Waals surface area contributed by atoms with Crippen LogP contribution in [-0.2, 0) is 14.6 Å². The van der Waals surface area contributed by atoms with Crippen molar-refractivity contribution in [3.8, 4) is 0 Å². The van der Waals surface area contributed by atoms with Crippen LogP contribution in [0.5, 0.6) is 0 Å². The van der Waals surface area contributed by atoms with Crippen molar-refractivity contribution in [1.82, 2.24) is 0 Å². The highest BCUT2D eigenvalue weighted by Crippen LogP contribution is 2.41. The lowest BCUT2D eigenvalue weighted by Gasteiger charge is -2.35. The number of aliphatic carboxylic acids is 1. The Labute approximate surface area is 119 Å². The minimum Gasteiger partial charge on any atom is -0.480 e. The summed E-state index contributed by atoms with van der Waals surface area (Å²) in [5, 5.41) is 8.75. The van der Waals surface area contributed by atoms with E-state index in [0.29, 0.717) is 18.4 Å². The Balaban J connectivity index is 2.44. The molecule has 1 aliphatic carbocycles. The molecule has 1 aliphatic rings. The van der Waals surface area contributed by atoms with Crippen LogP contribution in [0.15, 0.2) is 30.3 Å². The summed E-state index contributed by atoms with van der Waals surface area (Å²) in [7, 11) is -3.78. The summed E-state index contributed by atoms with van der Waals surface area (Å²) >= 11 is 0. The molecular weight excluding hydrogens is 276 g/mol. The van der Waals surface area contributed by atoms with Gasteiger partial charge in [-0.05, 0) is 25.3 Å². The predicted molar refractivity (Wildman–Crippen MR) is 77.2 cm³/mol. The van der Waals surface area contributed by atoms with Gasteiger partial charge in [0.25, 0.3) is 0 Å². The molecule has 110 valence electrons. The molecule has 20 heavy (non-hydrogen) atoms. The molecule has 1 N–H and O–H groups in total. The third kappa shape index (κ3) is 2.35. The fourth-order valence-electron chi connectivity index (χ4n) is 2.98. The van der Waals surface area contributed by atoms with Gasteiger partial charge in [-0.25, -0.2) is 8.42 Å². The molecule has 0 amide bonds. The highest BCUT2D eigenvalue weighted by molar-refractivity contribution is 7.93. The first-order valence-electron chi connectivity index (χ1n) is 6.93. The number of carboxylic acids is 1. The van der Waals surface area contributed by atoms with Crippen molar-refractivity contribution in [2.45, 2.75) is 49.0 Å². The van der Waals surface area contributed by atoms with Gasteiger partial charge in [0.1, 0.15) is 0 Å². The minimum atomic E-state index is -3.78. The standard InChI is InChI=1S/C15H20O4S/c1-12(13-8-4-2-5-9-13)20(18,19)15(14(16)17)10-6-3-7-11-15/h2,4-5,8-9,12H,3,6-7,10-11H2,1H3,(H,16,17). The van der Waals surface area contributed by atoms with Crippen LogP contribution in [0.1, 0.15) is 49.8 Å². The molecule has 1 aromatic carbocycles. The van der Waals surface area contributed by atoms with Crippen LogP contribution in [0, 0.1) is 0 Å². The number of hydrogen-bond acceptors (Lipinski definition) is 3. The van der Waals surface area contributed by atoms with Crippen molar-refractivity contribution < 1.29 is 18.3 Å². The molecule has 0 aliphatic heterocycles. The zero-order valence-corrected chi connectivity index (χ0v) is 12.4. The van der Waals surface area contributed by atoms with Crippen LogP contribution in [-0.4, -0.2) is 24.2 Å². The van der Waals surface area contributed by atoms with Gasteiger partial charge in [-0.2, -0.15) is 0 Å². The van der Waals surface area contributed by atoms with Crippen LogP contribution < -0.4 is 0 Å². The van der Waals surface area contributed by atoms with Crippen LogP contribution in [0.25, 0.3) is 0 Å². The van der Waals surface area contributed by atoms with E-state index < -0.39 is 25.8 Å². The number of benzene rings is 1. The topological polar surface area (TPSA) is 71.4 Å². The van der Waals surface area contributed by atoms with Gasteiger partial charge >= 0.3 is 5.97 Å². The van der Waals surface area contributed by atoms with Crippen molar-refractivity contribution in [1.29, 1.82) is 0 Å². The van der Waals surface area contributed by atoms with E-state index in [9.17, 15) is 18.3 Å². The Morgan fingerprint density at radius 3 is 2.20 bits per heavy atom. The molecule has 1 aromatic rings. The number of carbonyl (C=O) groups is 1. The van der Waals surface area contributed by atoms with E-state index >= 15 is 0 Å². The zero-order valence-electron chi connectivity index (χ0n) is 11.6. The van der Waals surface area contributed by atoms with Gasteiger partial charge in [0.05, 0.1) is 5.25 Å². The molecule has 1 unspecified atom stereocenters. The van der Waals surface area contributed by atoms with E-state index in [1.807, 2.05) is 6.07 Å². The molecule has 1 atom stereocenters. The normalized spacial score (nSPS) is 20.2. The van der Waals surface area contributed by atoms with E-state index in [-0.39, 0.29) is 12.8 Å². The van der Waals surface area contributed by atoms with Gasteiger partial charge in [-0.15, -0.1) is 0 Å². The maximum absolute atomic E-state index is 12.9. The molecule has 0 heterocycles. The minimum absolute atomic E-state index is 0.224. The summed E-state index contributed by atoms with van der Waals surface area (Å²) in [4.78, 5) is 11.7. The van der Waals surface area contributed by atoms with E-state index in [2.05, 4.69) is 0 Å². The Bertz CT molecular complexity index is 571. The quantitative estimate of drug-likeness (QED) is 0.927. The van der Waals surface area contributed by atoms with Crippen LogP contribution in [0.3, 0.4) is 0 Å². The Morgan fingerprint density at radius 2 is 1.70 bits per heavy atom. The lowest BCUT2D eigenvalue weighted by molar-refractivity contribution is -0.141. The summed E-state index contributed by atoms with van der Waals surface area (Å²) in [5.74, 6) is -1.19. The molecule has 0 saturated heterocycles. The van der Waals surface area contributed by atoms with Crippen LogP contribution in [0.4, 0.5) is 0 Å². The van der Waals surface area contributed by atoms with Crippen LogP contribution in [0.2, 0.25) is 0 Å². The second-order valence-corrected chi connectivity index (χ2v) is 8.04. The van der Waals surface area contributed by atoms with Crippen molar-refractivity contribution in [3.05, 3.63) is 35.9 Å². The van der Waals surface area contributed by atoms with E-state index in [1.165, 1.54) is 0 Å². The smallest absolute Gasteiger partial charge is 0.325 e. The summed E-state index contributed by atoms with van der Waals surface area (Å²) in [6, 6.07) is 8.84.